The van der Waals surface area contributed by atoms with Crippen molar-refractivity contribution < 1.29 is 15.3 Å². The maximum atomic E-state index is 10.8. The molecule has 0 aromatic heterocycles. The Labute approximate surface area is 138 Å². The van der Waals surface area contributed by atoms with E-state index in [1.165, 1.54) is 5.19 Å². The quantitative estimate of drug-likeness (QED) is 0.573. The normalized spacial score (nSPS) is 13.5. The molecule has 0 radical (unpaired) electrons. The number of phenolic OH excluding ortho intramolecular Hbond substituents is 2. The number of phenols is 2. The van der Waals surface area contributed by atoms with Crippen molar-refractivity contribution in [2.45, 2.75) is 65.5 Å². The van der Waals surface area contributed by atoms with Gasteiger partial charge in [-0.3, -0.25) is 0 Å². The maximum Gasteiger partial charge on any atom is 0.156 e. The number of hydrogen-bond donors (Lipinski definition) is 3. The fraction of sp³-hybridized carbons (Fsp3) is 0.625. The standard InChI is InChI=1S/C16H32O3Si3/c1-20(2,3)14-11(10-17)15(21(4,5)6)16(22(7,8)9)13(19)12(14)18/h17-19H,10H2,1-9H3. The third kappa shape index (κ3) is 3.50. The van der Waals surface area contributed by atoms with Gasteiger partial charge in [-0.15, -0.1) is 0 Å². The molecule has 126 valence electrons. The Bertz CT molecular complexity index is 577. The first kappa shape index (κ1) is 19.5. The van der Waals surface area contributed by atoms with Gasteiger partial charge >= 0.3 is 0 Å². The van der Waals surface area contributed by atoms with Gasteiger partial charge in [0.05, 0.1) is 30.8 Å². The van der Waals surface area contributed by atoms with Crippen molar-refractivity contribution >= 4 is 39.8 Å². The molecule has 0 aliphatic rings. The van der Waals surface area contributed by atoms with Crippen LogP contribution in [0.5, 0.6) is 11.5 Å². The highest BCUT2D eigenvalue weighted by Crippen LogP contribution is 2.28. The zero-order chi connectivity index (χ0) is 17.7. The summed E-state index contributed by atoms with van der Waals surface area (Å²) in [5, 5.41) is 34.5. The van der Waals surface area contributed by atoms with Crippen LogP contribution >= 0.6 is 0 Å². The Morgan fingerprint density at radius 1 is 0.591 bits per heavy atom. The second kappa shape index (κ2) is 5.81. The topological polar surface area (TPSA) is 60.7 Å². The van der Waals surface area contributed by atoms with Crippen molar-refractivity contribution in [3.05, 3.63) is 5.56 Å². The van der Waals surface area contributed by atoms with E-state index < -0.39 is 24.2 Å². The summed E-state index contributed by atoms with van der Waals surface area (Å²) < 4.78 is 0. The minimum atomic E-state index is -1.90. The Hall–Kier alpha value is -0.569. The molecule has 0 saturated carbocycles. The first-order valence-electron chi connectivity index (χ1n) is 7.87. The lowest BCUT2D eigenvalue weighted by molar-refractivity contribution is 0.283. The molecule has 0 heterocycles. The van der Waals surface area contributed by atoms with E-state index in [1.54, 1.807) is 0 Å². The number of hydrogen-bond acceptors (Lipinski definition) is 3. The van der Waals surface area contributed by atoms with Gasteiger partial charge in [0, 0.05) is 0 Å². The van der Waals surface area contributed by atoms with Gasteiger partial charge in [0.15, 0.2) is 11.5 Å². The monoisotopic (exact) mass is 356 g/mol. The van der Waals surface area contributed by atoms with E-state index in [1.807, 2.05) is 0 Å². The van der Waals surface area contributed by atoms with E-state index in [2.05, 4.69) is 58.9 Å². The summed E-state index contributed by atoms with van der Waals surface area (Å²) in [5.41, 5.74) is 0.894. The minimum Gasteiger partial charge on any atom is -0.504 e. The van der Waals surface area contributed by atoms with E-state index in [9.17, 15) is 15.3 Å². The van der Waals surface area contributed by atoms with Crippen molar-refractivity contribution in [2.75, 3.05) is 0 Å². The lowest BCUT2D eigenvalue weighted by Crippen LogP contribution is -2.61. The van der Waals surface area contributed by atoms with Crippen LogP contribution in [0.15, 0.2) is 0 Å². The van der Waals surface area contributed by atoms with Crippen LogP contribution in [0.25, 0.3) is 0 Å². The van der Waals surface area contributed by atoms with Crippen LogP contribution in [0, 0.1) is 0 Å². The van der Waals surface area contributed by atoms with Crippen molar-refractivity contribution in [1.82, 2.24) is 0 Å². The van der Waals surface area contributed by atoms with Crippen LogP contribution in [0.1, 0.15) is 5.56 Å². The molecule has 22 heavy (non-hydrogen) atoms. The first-order chi connectivity index (χ1) is 9.64. The molecule has 6 heteroatoms. The number of aliphatic hydroxyl groups is 1. The summed E-state index contributed by atoms with van der Waals surface area (Å²) >= 11 is 0. The number of aromatic hydroxyl groups is 2. The van der Waals surface area contributed by atoms with Crippen molar-refractivity contribution in [3.63, 3.8) is 0 Å². The lowest BCUT2D eigenvalue weighted by Gasteiger charge is -2.35. The molecule has 0 fully saturated rings. The van der Waals surface area contributed by atoms with Crippen molar-refractivity contribution in [1.29, 1.82) is 0 Å². The van der Waals surface area contributed by atoms with Gasteiger partial charge in [0.2, 0.25) is 0 Å². The summed E-state index contributed by atoms with van der Waals surface area (Å²) in [6.07, 6.45) is 0. The molecule has 3 N–H and O–H groups in total. The molecule has 0 bridgehead atoms. The molecule has 0 spiro atoms. The molecule has 3 nitrogen and oxygen atoms in total. The number of benzene rings is 1. The Morgan fingerprint density at radius 2 is 0.909 bits per heavy atom. The van der Waals surface area contributed by atoms with E-state index in [0.29, 0.717) is 0 Å². The van der Waals surface area contributed by atoms with Crippen LogP contribution in [-0.4, -0.2) is 39.5 Å². The van der Waals surface area contributed by atoms with Crippen molar-refractivity contribution in [3.8, 4) is 11.5 Å². The predicted octanol–water partition coefficient (Wildman–Crippen LogP) is 2.23. The summed E-state index contributed by atoms with van der Waals surface area (Å²) in [5.74, 6) is 0.0915. The minimum absolute atomic E-state index is 0.0163. The van der Waals surface area contributed by atoms with E-state index in [-0.39, 0.29) is 18.1 Å². The molecule has 0 atom stereocenters. The largest absolute Gasteiger partial charge is 0.504 e. The first-order valence-corrected chi connectivity index (χ1v) is 18.4. The number of aliphatic hydroxyl groups excluding tert-OH is 1. The van der Waals surface area contributed by atoms with Crippen LogP contribution in [0.3, 0.4) is 0 Å². The SMILES string of the molecule is C[Si](C)(C)c1c(O)c(O)c([Si](C)(C)C)c([Si](C)(C)C)c1CO. The van der Waals surface area contributed by atoms with Crippen LogP contribution < -0.4 is 15.6 Å². The number of rotatable bonds is 4. The molecule has 0 aliphatic heterocycles. The Kier molecular flexibility index (Phi) is 5.15. The second-order valence-corrected chi connectivity index (χ2v) is 24.2. The fourth-order valence-corrected chi connectivity index (χ4v) is 11.3. The highest BCUT2D eigenvalue weighted by atomic mass is 28.3. The molecular formula is C16H32O3Si3. The molecule has 0 unspecified atom stereocenters. The third-order valence-corrected chi connectivity index (χ3v) is 10.3. The summed E-state index contributed by atoms with van der Waals surface area (Å²) in [4.78, 5) is 0. The molecule has 0 amide bonds. The van der Waals surface area contributed by atoms with Gasteiger partial charge in [-0.1, -0.05) is 64.1 Å². The predicted molar refractivity (Wildman–Crippen MR) is 105 cm³/mol. The van der Waals surface area contributed by atoms with Crippen molar-refractivity contribution in [2.24, 2.45) is 0 Å². The smallest absolute Gasteiger partial charge is 0.156 e. The van der Waals surface area contributed by atoms with Crippen LogP contribution in [0.4, 0.5) is 0 Å². The lowest BCUT2D eigenvalue weighted by atomic mass is 10.2. The van der Waals surface area contributed by atoms with Gasteiger partial charge in [-0.05, 0) is 15.9 Å². The summed E-state index contributed by atoms with van der Waals surface area (Å²) in [7, 11) is -5.56. The Balaban J connectivity index is 4.13. The molecule has 1 aromatic rings. The third-order valence-electron chi connectivity index (χ3n) is 3.96. The maximum absolute atomic E-state index is 10.8. The zero-order valence-corrected chi connectivity index (χ0v) is 18.5. The average molecular weight is 357 g/mol. The fourth-order valence-electron chi connectivity index (χ4n) is 3.30. The summed E-state index contributed by atoms with van der Waals surface area (Å²) in [6.45, 7) is 19.6. The van der Waals surface area contributed by atoms with Crippen LogP contribution in [-0.2, 0) is 6.61 Å². The van der Waals surface area contributed by atoms with Gasteiger partial charge in [0.25, 0.3) is 0 Å². The van der Waals surface area contributed by atoms with E-state index in [4.69, 9.17) is 0 Å². The van der Waals surface area contributed by atoms with Gasteiger partial charge in [-0.25, -0.2) is 0 Å². The van der Waals surface area contributed by atoms with E-state index in [0.717, 1.165) is 15.9 Å². The Morgan fingerprint density at radius 3 is 1.18 bits per heavy atom. The highest BCUT2D eigenvalue weighted by Gasteiger charge is 2.38. The molecular weight excluding hydrogens is 324 g/mol. The average Bonchev–Trinajstić information content (AvgIpc) is 2.26. The van der Waals surface area contributed by atoms with Gasteiger partial charge in [-0.2, -0.15) is 0 Å². The van der Waals surface area contributed by atoms with E-state index >= 15 is 0 Å². The second-order valence-electron chi connectivity index (χ2n) is 9.21. The molecule has 1 rings (SSSR count). The van der Waals surface area contributed by atoms with Gasteiger partial charge in [0.1, 0.15) is 0 Å². The molecule has 1 aromatic carbocycles. The molecule has 0 aliphatic carbocycles. The highest BCUT2D eigenvalue weighted by molar-refractivity contribution is 7.00. The van der Waals surface area contributed by atoms with Gasteiger partial charge < -0.3 is 15.3 Å². The summed E-state index contributed by atoms with van der Waals surface area (Å²) in [6, 6.07) is 0. The van der Waals surface area contributed by atoms with Crippen LogP contribution in [0.2, 0.25) is 58.9 Å². The molecule has 0 saturated heterocycles. The zero-order valence-electron chi connectivity index (χ0n) is 15.5.